The van der Waals surface area contributed by atoms with Crippen molar-refractivity contribution < 1.29 is 4.74 Å². The predicted molar refractivity (Wildman–Crippen MR) is 89.5 cm³/mol. The van der Waals surface area contributed by atoms with E-state index in [-0.39, 0.29) is 0 Å². The van der Waals surface area contributed by atoms with Gasteiger partial charge in [-0.2, -0.15) is 0 Å². The summed E-state index contributed by atoms with van der Waals surface area (Å²) < 4.78 is 6.22. The average molecular weight is 293 g/mol. The molecule has 0 aliphatic heterocycles. The SMILES string of the molecule is C1CCC(OCC2CCC(C3CCCCCC3)CC2)CC1. The molecule has 0 unspecified atom stereocenters. The van der Waals surface area contributed by atoms with Crippen LogP contribution in [0.4, 0.5) is 0 Å². The van der Waals surface area contributed by atoms with E-state index < -0.39 is 0 Å². The van der Waals surface area contributed by atoms with Crippen LogP contribution in [0, 0.1) is 17.8 Å². The molecule has 0 aromatic heterocycles. The van der Waals surface area contributed by atoms with Gasteiger partial charge in [-0.15, -0.1) is 0 Å². The molecule has 0 atom stereocenters. The van der Waals surface area contributed by atoms with E-state index in [1.807, 2.05) is 0 Å². The van der Waals surface area contributed by atoms with E-state index >= 15 is 0 Å². The Morgan fingerprint density at radius 3 is 1.71 bits per heavy atom. The van der Waals surface area contributed by atoms with E-state index in [2.05, 4.69) is 0 Å². The summed E-state index contributed by atoms with van der Waals surface area (Å²) in [5, 5.41) is 0. The van der Waals surface area contributed by atoms with Crippen LogP contribution in [0.15, 0.2) is 0 Å². The van der Waals surface area contributed by atoms with Crippen molar-refractivity contribution in [2.75, 3.05) is 6.61 Å². The molecule has 0 heterocycles. The van der Waals surface area contributed by atoms with Gasteiger partial charge in [-0.1, -0.05) is 57.8 Å². The molecule has 1 heteroatoms. The second-order valence-electron chi connectivity index (χ2n) is 8.13. The van der Waals surface area contributed by atoms with Crippen molar-refractivity contribution in [3.63, 3.8) is 0 Å². The first kappa shape index (κ1) is 15.8. The summed E-state index contributed by atoms with van der Waals surface area (Å²) in [5.41, 5.74) is 0. The Balaban J connectivity index is 1.34. The Morgan fingerprint density at radius 1 is 0.524 bits per heavy atom. The van der Waals surface area contributed by atoms with Crippen LogP contribution in [0.25, 0.3) is 0 Å². The third-order valence-corrected chi connectivity index (χ3v) is 6.58. The summed E-state index contributed by atoms with van der Waals surface area (Å²) in [6.07, 6.45) is 22.5. The lowest BCUT2D eigenvalue weighted by Crippen LogP contribution is -2.26. The zero-order valence-electron chi connectivity index (χ0n) is 14.0. The third kappa shape index (κ3) is 4.98. The second-order valence-corrected chi connectivity index (χ2v) is 8.13. The first-order valence-electron chi connectivity index (χ1n) is 10.0. The van der Waals surface area contributed by atoms with Gasteiger partial charge in [-0.3, -0.25) is 0 Å². The molecule has 122 valence electrons. The van der Waals surface area contributed by atoms with E-state index in [0.29, 0.717) is 6.10 Å². The molecule has 0 radical (unpaired) electrons. The maximum absolute atomic E-state index is 6.22. The lowest BCUT2D eigenvalue weighted by Gasteiger charge is -2.34. The van der Waals surface area contributed by atoms with Crippen molar-refractivity contribution in [2.24, 2.45) is 17.8 Å². The first-order chi connectivity index (χ1) is 10.4. The van der Waals surface area contributed by atoms with Crippen molar-refractivity contribution in [3.05, 3.63) is 0 Å². The van der Waals surface area contributed by atoms with Gasteiger partial charge in [0.2, 0.25) is 0 Å². The van der Waals surface area contributed by atoms with Gasteiger partial charge in [0.05, 0.1) is 6.10 Å². The maximum Gasteiger partial charge on any atom is 0.0575 e. The molecule has 3 fully saturated rings. The highest BCUT2D eigenvalue weighted by Crippen LogP contribution is 2.39. The standard InChI is InChI=1S/C20H36O/c1-2-5-9-18(8-4-1)19-14-12-17(13-15-19)16-21-20-10-6-3-7-11-20/h17-20H,1-16H2. The Bertz CT molecular complexity index is 266. The van der Waals surface area contributed by atoms with Gasteiger partial charge in [0.25, 0.3) is 0 Å². The van der Waals surface area contributed by atoms with Crippen LogP contribution in [0.2, 0.25) is 0 Å². The summed E-state index contributed by atoms with van der Waals surface area (Å²) in [6, 6.07) is 0. The highest BCUT2D eigenvalue weighted by molar-refractivity contribution is 4.79. The van der Waals surface area contributed by atoms with Gasteiger partial charge in [0.1, 0.15) is 0 Å². The zero-order valence-corrected chi connectivity index (χ0v) is 14.0. The van der Waals surface area contributed by atoms with Crippen molar-refractivity contribution in [1.29, 1.82) is 0 Å². The van der Waals surface area contributed by atoms with Crippen LogP contribution >= 0.6 is 0 Å². The molecule has 0 spiro atoms. The molecule has 3 aliphatic rings. The summed E-state index contributed by atoms with van der Waals surface area (Å²) in [6.45, 7) is 1.07. The number of hydrogen-bond donors (Lipinski definition) is 0. The van der Waals surface area contributed by atoms with E-state index in [9.17, 15) is 0 Å². The minimum atomic E-state index is 0.610. The van der Waals surface area contributed by atoms with Crippen LogP contribution in [0.3, 0.4) is 0 Å². The Hall–Kier alpha value is -0.0400. The molecular weight excluding hydrogens is 256 g/mol. The summed E-state index contributed by atoms with van der Waals surface area (Å²) >= 11 is 0. The molecule has 0 bridgehead atoms. The predicted octanol–water partition coefficient (Wildman–Crippen LogP) is 6.11. The lowest BCUT2D eigenvalue weighted by molar-refractivity contribution is -0.00421. The molecule has 3 aliphatic carbocycles. The maximum atomic E-state index is 6.22. The van der Waals surface area contributed by atoms with Gasteiger partial charge in [0, 0.05) is 6.61 Å². The summed E-state index contributed by atoms with van der Waals surface area (Å²) in [4.78, 5) is 0. The molecule has 21 heavy (non-hydrogen) atoms. The molecule has 1 nitrogen and oxygen atoms in total. The fourth-order valence-corrected chi connectivity index (χ4v) is 5.11. The van der Waals surface area contributed by atoms with E-state index in [0.717, 1.165) is 24.4 Å². The van der Waals surface area contributed by atoms with Crippen molar-refractivity contribution in [1.82, 2.24) is 0 Å². The number of hydrogen-bond acceptors (Lipinski definition) is 1. The highest BCUT2D eigenvalue weighted by atomic mass is 16.5. The average Bonchev–Trinajstić information content (AvgIpc) is 2.84. The summed E-state index contributed by atoms with van der Waals surface area (Å²) in [7, 11) is 0. The number of ether oxygens (including phenoxy) is 1. The van der Waals surface area contributed by atoms with Gasteiger partial charge in [0.15, 0.2) is 0 Å². The summed E-state index contributed by atoms with van der Waals surface area (Å²) in [5.74, 6) is 3.02. The molecule has 3 saturated carbocycles. The normalized spacial score (nSPS) is 33.7. The largest absolute Gasteiger partial charge is 0.378 e. The van der Waals surface area contributed by atoms with Crippen LogP contribution in [-0.2, 0) is 4.74 Å². The van der Waals surface area contributed by atoms with Gasteiger partial charge >= 0.3 is 0 Å². The molecule has 0 N–H and O–H groups in total. The topological polar surface area (TPSA) is 9.23 Å². The van der Waals surface area contributed by atoms with Gasteiger partial charge in [-0.05, 0) is 56.3 Å². The number of rotatable bonds is 4. The van der Waals surface area contributed by atoms with E-state index in [1.165, 1.54) is 96.3 Å². The molecule has 0 saturated heterocycles. The van der Waals surface area contributed by atoms with Crippen molar-refractivity contribution >= 4 is 0 Å². The van der Waals surface area contributed by atoms with E-state index in [1.54, 1.807) is 0 Å². The lowest BCUT2D eigenvalue weighted by atomic mass is 9.73. The highest BCUT2D eigenvalue weighted by Gasteiger charge is 2.28. The molecule has 0 amide bonds. The van der Waals surface area contributed by atoms with Gasteiger partial charge < -0.3 is 4.74 Å². The van der Waals surface area contributed by atoms with Crippen LogP contribution in [-0.4, -0.2) is 12.7 Å². The Labute approximate surface area is 132 Å². The van der Waals surface area contributed by atoms with Crippen molar-refractivity contribution in [2.45, 2.75) is 102 Å². The second kappa shape index (κ2) is 8.56. The first-order valence-corrected chi connectivity index (χ1v) is 10.0. The monoisotopic (exact) mass is 292 g/mol. The van der Waals surface area contributed by atoms with Crippen LogP contribution < -0.4 is 0 Å². The van der Waals surface area contributed by atoms with Gasteiger partial charge in [-0.25, -0.2) is 0 Å². The van der Waals surface area contributed by atoms with E-state index in [4.69, 9.17) is 4.74 Å². The fourth-order valence-electron chi connectivity index (χ4n) is 5.11. The molecule has 0 aromatic rings. The van der Waals surface area contributed by atoms with Crippen molar-refractivity contribution in [3.8, 4) is 0 Å². The van der Waals surface area contributed by atoms with Crippen LogP contribution in [0.1, 0.15) is 96.3 Å². The third-order valence-electron chi connectivity index (χ3n) is 6.58. The quantitative estimate of drug-likeness (QED) is 0.568. The Morgan fingerprint density at radius 2 is 1.05 bits per heavy atom. The molecule has 0 aromatic carbocycles. The smallest absolute Gasteiger partial charge is 0.0575 e. The molecule has 3 rings (SSSR count). The zero-order chi connectivity index (χ0) is 14.3. The van der Waals surface area contributed by atoms with Crippen LogP contribution in [0.5, 0.6) is 0 Å². The minimum absolute atomic E-state index is 0.610. The fraction of sp³-hybridized carbons (Fsp3) is 1.00. The Kier molecular flexibility index (Phi) is 6.45. The molecular formula is C20H36O. The minimum Gasteiger partial charge on any atom is -0.378 e.